The first-order valence-corrected chi connectivity index (χ1v) is 9.97. The van der Waals surface area contributed by atoms with Gasteiger partial charge in [-0.15, -0.1) is 0 Å². The number of hydrogen-bond donors (Lipinski definition) is 1. The standard InChI is InChI=1S/C20H26ClN5O3/c1-15-18(19(21)26(23-15)16-6-4-3-5-7-16)20(28)25-11-9-24(10-12-25)14-17(27)22-8-13-29-2/h3-7H,8-14H2,1-2H3,(H,22,27). The minimum atomic E-state index is -0.126. The molecule has 2 heterocycles. The quantitative estimate of drug-likeness (QED) is 0.685. The van der Waals surface area contributed by atoms with E-state index in [-0.39, 0.29) is 11.8 Å². The molecule has 2 aromatic rings. The van der Waals surface area contributed by atoms with Crippen LogP contribution in [0.25, 0.3) is 5.69 Å². The predicted octanol–water partition coefficient (Wildman–Crippen LogP) is 1.35. The fourth-order valence-corrected chi connectivity index (χ4v) is 3.65. The maximum absolute atomic E-state index is 13.1. The molecular weight excluding hydrogens is 394 g/mol. The number of benzene rings is 1. The van der Waals surface area contributed by atoms with Gasteiger partial charge < -0.3 is 15.0 Å². The van der Waals surface area contributed by atoms with Crippen LogP contribution in [0.15, 0.2) is 30.3 Å². The predicted molar refractivity (Wildman–Crippen MR) is 111 cm³/mol. The summed E-state index contributed by atoms with van der Waals surface area (Å²) in [5, 5.41) is 7.58. The van der Waals surface area contributed by atoms with E-state index in [1.807, 2.05) is 35.2 Å². The average Bonchev–Trinajstić information content (AvgIpc) is 3.03. The number of nitrogens with zero attached hydrogens (tertiary/aromatic N) is 4. The molecule has 0 saturated carbocycles. The van der Waals surface area contributed by atoms with Crippen LogP contribution in [0.3, 0.4) is 0 Å². The highest BCUT2D eigenvalue weighted by atomic mass is 35.5. The highest BCUT2D eigenvalue weighted by molar-refractivity contribution is 6.33. The van der Waals surface area contributed by atoms with Crippen LogP contribution in [0.5, 0.6) is 0 Å². The van der Waals surface area contributed by atoms with Gasteiger partial charge in [-0.25, -0.2) is 4.68 Å². The molecule has 1 aromatic carbocycles. The Balaban J connectivity index is 1.60. The van der Waals surface area contributed by atoms with Gasteiger partial charge in [0.15, 0.2) is 0 Å². The second-order valence-electron chi connectivity index (χ2n) is 6.91. The number of ether oxygens (including phenoxy) is 1. The van der Waals surface area contributed by atoms with Gasteiger partial charge in [-0.2, -0.15) is 5.10 Å². The number of piperazine rings is 1. The number of rotatable bonds is 7. The number of aryl methyl sites for hydroxylation is 1. The minimum absolute atomic E-state index is 0.0372. The highest BCUT2D eigenvalue weighted by Gasteiger charge is 2.28. The molecule has 1 fully saturated rings. The fourth-order valence-electron chi connectivity index (χ4n) is 3.30. The van der Waals surface area contributed by atoms with Gasteiger partial charge in [0.05, 0.1) is 30.1 Å². The van der Waals surface area contributed by atoms with Crippen molar-refractivity contribution in [3.05, 3.63) is 46.7 Å². The number of halogens is 1. The molecule has 0 unspecified atom stereocenters. The van der Waals surface area contributed by atoms with Crippen molar-refractivity contribution in [3.63, 3.8) is 0 Å². The van der Waals surface area contributed by atoms with Crippen molar-refractivity contribution >= 4 is 23.4 Å². The number of carbonyl (C=O) groups excluding carboxylic acids is 2. The third kappa shape index (κ3) is 5.14. The van der Waals surface area contributed by atoms with Gasteiger partial charge >= 0.3 is 0 Å². The fraction of sp³-hybridized carbons (Fsp3) is 0.450. The Labute approximate surface area is 175 Å². The van der Waals surface area contributed by atoms with E-state index in [1.165, 1.54) is 0 Å². The second-order valence-corrected chi connectivity index (χ2v) is 7.27. The summed E-state index contributed by atoms with van der Waals surface area (Å²) in [6.45, 7) is 5.44. The third-order valence-corrected chi connectivity index (χ3v) is 5.22. The lowest BCUT2D eigenvalue weighted by molar-refractivity contribution is -0.122. The van der Waals surface area contributed by atoms with Crippen molar-refractivity contribution in [3.8, 4) is 5.69 Å². The Bertz CT molecular complexity index is 847. The molecule has 8 nitrogen and oxygen atoms in total. The first kappa shape index (κ1) is 21.3. The number of methoxy groups -OCH3 is 1. The van der Waals surface area contributed by atoms with Crippen LogP contribution < -0.4 is 5.32 Å². The first-order valence-electron chi connectivity index (χ1n) is 9.59. The van der Waals surface area contributed by atoms with Crippen LogP contribution in [0.2, 0.25) is 5.15 Å². The molecule has 0 spiro atoms. The lowest BCUT2D eigenvalue weighted by atomic mass is 10.2. The molecule has 1 aliphatic rings. The van der Waals surface area contributed by atoms with Gasteiger partial charge in [-0.1, -0.05) is 29.8 Å². The molecule has 0 radical (unpaired) electrons. The maximum atomic E-state index is 13.1. The molecule has 1 saturated heterocycles. The van der Waals surface area contributed by atoms with E-state index in [2.05, 4.69) is 10.4 Å². The summed E-state index contributed by atoms with van der Waals surface area (Å²) >= 11 is 6.52. The number of hydrogen-bond acceptors (Lipinski definition) is 5. The monoisotopic (exact) mass is 419 g/mol. The molecule has 0 atom stereocenters. The van der Waals surface area contributed by atoms with Crippen molar-refractivity contribution in [2.45, 2.75) is 6.92 Å². The Kier molecular flexibility index (Phi) is 7.24. The summed E-state index contributed by atoms with van der Waals surface area (Å²) in [4.78, 5) is 28.8. The summed E-state index contributed by atoms with van der Waals surface area (Å²) < 4.78 is 6.51. The largest absolute Gasteiger partial charge is 0.383 e. The van der Waals surface area contributed by atoms with Crippen LogP contribution in [-0.4, -0.2) is 84.4 Å². The maximum Gasteiger partial charge on any atom is 0.258 e. The minimum Gasteiger partial charge on any atom is -0.383 e. The van der Waals surface area contributed by atoms with Crippen LogP contribution in [0, 0.1) is 6.92 Å². The SMILES string of the molecule is COCCNC(=O)CN1CCN(C(=O)c2c(C)nn(-c3ccccc3)c2Cl)CC1. The molecule has 29 heavy (non-hydrogen) atoms. The van der Waals surface area contributed by atoms with Crippen molar-refractivity contribution in [2.24, 2.45) is 0 Å². The number of aromatic nitrogens is 2. The van der Waals surface area contributed by atoms with Crippen molar-refractivity contribution < 1.29 is 14.3 Å². The number of para-hydroxylation sites is 1. The van der Waals surface area contributed by atoms with E-state index < -0.39 is 0 Å². The first-order chi connectivity index (χ1) is 14.0. The van der Waals surface area contributed by atoms with Gasteiger partial charge in [0.1, 0.15) is 5.15 Å². The summed E-state index contributed by atoms with van der Waals surface area (Å²) in [7, 11) is 1.60. The molecule has 0 bridgehead atoms. The van der Waals surface area contributed by atoms with Crippen LogP contribution in [0.4, 0.5) is 0 Å². The Morgan fingerprint density at radius 2 is 1.86 bits per heavy atom. The molecule has 1 aromatic heterocycles. The Hall–Kier alpha value is -2.42. The smallest absolute Gasteiger partial charge is 0.258 e. The summed E-state index contributed by atoms with van der Waals surface area (Å²) in [5.41, 5.74) is 1.84. The molecular formula is C20H26ClN5O3. The molecule has 1 N–H and O–H groups in total. The second kappa shape index (κ2) is 9.87. The van der Waals surface area contributed by atoms with E-state index in [0.717, 1.165) is 5.69 Å². The number of amides is 2. The van der Waals surface area contributed by atoms with E-state index >= 15 is 0 Å². The average molecular weight is 420 g/mol. The number of nitrogens with one attached hydrogen (secondary N) is 1. The normalized spacial score (nSPS) is 14.8. The lowest BCUT2D eigenvalue weighted by Gasteiger charge is -2.34. The Morgan fingerprint density at radius 1 is 1.17 bits per heavy atom. The molecule has 3 rings (SSSR count). The zero-order valence-corrected chi connectivity index (χ0v) is 17.5. The molecule has 0 aliphatic carbocycles. The van der Waals surface area contributed by atoms with Gasteiger partial charge in [0, 0.05) is 39.8 Å². The van der Waals surface area contributed by atoms with E-state index in [0.29, 0.717) is 62.3 Å². The van der Waals surface area contributed by atoms with E-state index in [1.54, 1.807) is 23.6 Å². The number of carbonyl (C=O) groups is 2. The van der Waals surface area contributed by atoms with Crippen molar-refractivity contribution in [1.82, 2.24) is 24.9 Å². The zero-order valence-electron chi connectivity index (χ0n) is 16.7. The van der Waals surface area contributed by atoms with Crippen molar-refractivity contribution in [1.29, 1.82) is 0 Å². The van der Waals surface area contributed by atoms with Crippen molar-refractivity contribution in [2.75, 3.05) is 53.0 Å². The van der Waals surface area contributed by atoms with Crippen LogP contribution in [-0.2, 0) is 9.53 Å². The molecule has 156 valence electrons. The summed E-state index contributed by atoms with van der Waals surface area (Å²) in [6, 6.07) is 9.49. The topological polar surface area (TPSA) is 79.7 Å². The van der Waals surface area contributed by atoms with E-state index in [9.17, 15) is 9.59 Å². The molecule has 2 amide bonds. The zero-order chi connectivity index (χ0) is 20.8. The van der Waals surface area contributed by atoms with Gasteiger partial charge in [0.25, 0.3) is 5.91 Å². The Morgan fingerprint density at radius 3 is 2.52 bits per heavy atom. The molecule has 9 heteroatoms. The van der Waals surface area contributed by atoms with E-state index in [4.69, 9.17) is 16.3 Å². The van der Waals surface area contributed by atoms with Crippen LogP contribution >= 0.6 is 11.6 Å². The van der Waals surface area contributed by atoms with Gasteiger partial charge in [-0.3, -0.25) is 14.5 Å². The van der Waals surface area contributed by atoms with Gasteiger partial charge in [0.2, 0.25) is 5.91 Å². The van der Waals surface area contributed by atoms with Crippen LogP contribution in [0.1, 0.15) is 16.1 Å². The summed E-state index contributed by atoms with van der Waals surface area (Å²) in [5.74, 6) is -0.163. The highest BCUT2D eigenvalue weighted by Crippen LogP contribution is 2.25. The third-order valence-electron chi connectivity index (χ3n) is 4.87. The summed E-state index contributed by atoms with van der Waals surface area (Å²) in [6.07, 6.45) is 0. The lowest BCUT2D eigenvalue weighted by Crippen LogP contribution is -2.51. The molecule has 1 aliphatic heterocycles. The van der Waals surface area contributed by atoms with Gasteiger partial charge in [-0.05, 0) is 19.1 Å².